The molecule has 0 bridgehead atoms. The molecule has 112 valence electrons. The summed E-state index contributed by atoms with van der Waals surface area (Å²) in [6, 6.07) is 7.89. The van der Waals surface area contributed by atoms with Crippen molar-refractivity contribution in [2.75, 3.05) is 12.4 Å². The van der Waals surface area contributed by atoms with Crippen LogP contribution in [-0.4, -0.2) is 27.0 Å². The number of rotatable bonds is 3. The molecule has 1 N–H and O–H groups in total. The van der Waals surface area contributed by atoms with Crippen LogP contribution in [0.5, 0.6) is 5.88 Å². The normalized spacial score (nSPS) is 10.7. The predicted octanol–water partition coefficient (Wildman–Crippen LogP) is 3.10. The monoisotopic (exact) mass is 295 g/mol. The first-order valence-corrected chi connectivity index (χ1v) is 6.97. The first-order chi connectivity index (χ1) is 10.5. The highest BCUT2D eigenvalue weighted by molar-refractivity contribution is 5.82. The zero-order valence-corrected chi connectivity index (χ0v) is 13.0. The summed E-state index contributed by atoms with van der Waals surface area (Å²) in [7, 11) is 1.57. The Balaban J connectivity index is 2.02. The van der Waals surface area contributed by atoms with Crippen molar-refractivity contribution in [1.82, 2.24) is 19.9 Å². The lowest BCUT2D eigenvalue weighted by Crippen LogP contribution is -2.04. The molecule has 0 radical (unpaired) electrons. The predicted molar refractivity (Wildman–Crippen MR) is 85.6 cm³/mol. The third kappa shape index (κ3) is 2.81. The molecule has 3 rings (SSSR count). The number of methoxy groups -OCH3 is 1. The van der Waals surface area contributed by atoms with Crippen LogP contribution >= 0.6 is 0 Å². The Labute approximate surface area is 128 Å². The van der Waals surface area contributed by atoms with Crippen molar-refractivity contribution in [2.45, 2.75) is 20.8 Å². The van der Waals surface area contributed by atoms with Crippen LogP contribution in [0.2, 0.25) is 0 Å². The Hall–Kier alpha value is -2.76. The fourth-order valence-electron chi connectivity index (χ4n) is 2.25. The van der Waals surface area contributed by atoms with E-state index in [-0.39, 0.29) is 0 Å². The van der Waals surface area contributed by atoms with E-state index in [2.05, 4.69) is 31.3 Å². The minimum absolute atomic E-state index is 0.420. The molecule has 0 saturated heterocycles. The van der Waals surface area contributed by atoms with Crippen molar-refractivity contribution in [3.8, 4) is 5.88 Å². The SMILES string of the molecule is COc1cc(C)nc(Nc2nc(C)c3ccc(C)cc3n2)n1. The van der Waals surface area contributed by atoms with Gasteiger partial charge in [0.25, 0.3) is 0 Å². The quantitative estimate of drug-likeness (QED) is 0.800. The number of aromatic nitrogens is 4. The van der Waals surface area contributed by atoms with Crippen molar-refractivity contribution >= 4 is 22.8 Å². The molecular weight excluding hydrogens is 278 g/mol. The maximum absolute atomic E-state index is 5.15. The highest BCUT2D eigenvalue weighted by Crippen LogP contribution is 2.20. The molecule has 6 nitrogen and oxygen atoms in total. The summed E-state index contributed by atoms with van der Waals surface area (Å²) < 4.78 is 5.15. The molecule has 22 heavy (non-hydrogen) atoms. The second kappa shape index (κ2) is 5.55. The lowest BCUT2D eigenvalue weighted by molar-refractivity contribution is 0.397. The zero-order valence-electron chi connectivity index (χ0n) is 13.0. The van der Waals surface area contributed by atoms with Gasteiger partial charge in [-0.15, -0.1) is 0 Å². The number of anilines is 2. The molecule has 2 aromatic heterocycles. The van der Waals surface area contributed by atoms with Crippen molar-refractivity contribution < 1.29 is 4.74 Å². The number of hydrogen-bond donors (Lipinski definition) is 1. The molecule has 0 fully saturated rings. The maximum atomic E-state index is 5.15. The van der Waals surface area contributed by atoms with Crippen LogP contribution in [0.4, 0.5) is 11.9 Å². The van der Waals surface area contributed by atoms with Crippen molar-refractivity contribution in [3.05, 3.63) is 41.2 Å². The number of benzene rings is 1. The minimum Gasteiger partial charge on any atom is -0.481 e. The molecule has 0 aliphatic rings. The molecule has 0 unspecified atom stereocenters. The number of fused-ring (bicyclic) bond motifs is 1. The van der Waals surface area contributed by atoms with Gasteiger partial charge in [-0.3, -0.25) is 5.32 Å². The van der Waals surface area contributed by atoms with E-state index in [1.165, 1.54) is 0 Å². The van der Waals surface area contributed by atoms with Crippen molar-refractivity contribution in [1.29, 1.82) is 0 Å². The van der Waals surface area contributed by atoms with Gasteiger partial charge >= 0.3 is 0 Å². The lowest BCUT2D eigenvalue weighted by Gasteiger charge is -2.09. The number of nitrogens with zero attached hydrogens (tertiary/aromatic N) is 4. The largest absolute Gasteiger partial charge is 0.481 e. The van der Waals surface area contributed by atoms with Crippen LogP contribution < -0.4 is 10.1 Å². The van der Waals surface area contributed by atoms with Gasteiger partial charge in [0.05, 0.1) is 18.3 Å². The molecule has 6 heteroatoms. The fourth-order valence-corrected chi connectivity index (χ4v) is 2.25. The fraction of sp³-hybridized carbons (Fsp3) is 0.250. The van der Waals surface area contributed by atoms with E-state index in [0.29, 0.717) is 17.8 Å². The van der Waals surface area contributed by atoms with E-state index >= 15 is 0 Å². The second-order valence-electron chi connectivity index (χ2n) is 5.15. The maximum Gasteiger partial charge on any atom is 0.233 e. The summed E-state index contributed by atoms with van der Waals surface area (Å²) in [5.74, 6) is 1.40. The Kier molecular flexibility index (Phi) is 3.58. The van der Waals surface area contributed by atoms with E-state index in [0.717, 1.165) is 27.9 Å². The van der Waals surface area contributed by atoms with Crippen LogP contribution in [0.25, 0.3) is 10.9 Å². The van der Waals surface area contributed by atoms with Crippen LogP contribution in [-0.2, 0) is 0 Å². The summed E-state index contributed by atoms with van der Waals surface area (Å²) in [6.07, 6.45) is 0. The molecule has 0 spiro atoms. The van der Waals surface area contributed by atoms with E-state index in [9.17, 15) is 0 Å². The summed E-state index contributed by atoms with van der Waals surface area (Å²) >= 11 is 0. The number of ether oxygens (including phenoxy) is 1. The topological polar surface area (TPSA) is 72.8 Å². The average Bonchev–Trinajstić information content (AvgIpc) is 2.46. The molecule has 0 amide bonds. The van der Waals surface area contributed by atoms with Crippen LogP contribution in [0.3, 0.4) is 0 Å². The van der Waals surface area contributed by atoms with E-state index in [1.54, 1.807) is 13.2 Å². The number of aryl methyl sites for hydroxylation is 3. The van der Waals surface area contributed by atoms with Crippen LogP contribution in [0.1, 0.15) is 17.0 Å². The van der Waals surface area contributed by atoms with Crippen LogP contribution in [0, 0.1) is 20.8 Å². The molecule has 2 heterocycles. The Morgan fingerprint density at radius 3 is 2.45 bits per heavy atom. The van der Waals surface area contributed by atoms with Gasteiger partial charge in [0.2, 0.25) is 17.8 Å². The molecule has 0 aliphatic heterocycles. The number of hydrogen-bond acceptors (Lipinski definition) is 6. The lowest BCUT2D eigenvalue weighted by atomic mass is 10.1. The highest BCUT2D eigenvalue weighted by Gasteiger charge is 2.08. The smallest absolute Gasteiger partial charge is 0.233 e. The van der Waals surface area contributed by atoms with Gasteiger partial charge in [-0.2, -0.15) is 4.98 Å². The van der Waals surface area contributed by atoms with Crippen molar-refractivity contribution in [2.24, 2.45) is 0 Å². The standard InChI is InChI=1S/C16H17N5O/c1-9-5-6-12-11(3)18-16(19-13(12)7-9)21-15-17-10(2)8-14(20-15)22-4/h5-8H,1-4H3,(H,17,18,19,20,21). The van der Waals surface area contributed by atoms with E-state index in [4.69, 9.17) is 4.74 Å². The minimum atomic E-state index is 0.420. The Bertz CT molecular complexity index is 847. The molecule has 1 aromatic carbocycles. The third-order valence-electron chi connectivity index (χ3n) is 3.31. The summed E-state index contributed by atoms with van der Waals surface area (Å²) in [4.78, 5) is 17.6. The zero-order chi connectivity index (χ0) is 15.7. The molecule has 0 aliphatic carbocycles. The molecular formula is C16H17N5O. The van der Waals surface area contributed by atoms with Gasteiger partial charge in [0.15, 0.2) is 0 Å². The first kappa shape index (κ1) is 14.2. The summed E-state index contributed by atoms with van der Waals surface area (Å²) in [5, 5.41) is 4.09. The second-order valence-corrected chi connectivity index (χ2v) is 5.15. The first-order valence-electron chi connectivity index (χ1n) is 6.97. The summed E-state index contributed by atoms with van der Waals surface area (Å²) in [6.45, 7) is 5.88. The van der Waals surface area contributed by atoms with Gasteiger partial charge in [0, 0.05) is 17.1 Å². The molecule has 0 saturated carbocycles. The average molecular weight is 295 g/mol. The van der Waals surface area contributed by atoms with E-state index < -0.39 is 0 Å². The highest BCUT2D eigenvalue weighted by atomic mass is 16.5. The van der Waals surface area contributed by atoms with Gasteiger partial charge in [-0.1, -0.05) is 12.1 Å². The van der Waals surface area contributed by atoms with Crippen molar-refractivity contribution in [3.63, 3.8) is 0 Å². The summed E-state index contributed by atoms with van der Waals surface area (Å²) in [5.41, 5.74) is 3.77. The Morgan fingerprint density at radius 1 is 0.909 bits per heavy atom. The molecule has 0 atom stereocenters. The Morgan fingerprint density at radius 2 is 1.68 bits per heavy atom. The van der Waals surface area contributed by atoms with Gasteiger partial charge < -0.3 is 4.74 Å². The number of nitrogens with one attached hydrogen (secondary N) is 1. The van der Waals surface area contributed by atoms with Gasteiger partial charge in [-0.25, -0.2) is 15.0 Å². The van der Waals surface area contributed by atoms with Gasteiger partial charge in [-0.05, 0) is 32.4 Å². The van der Waals surface area contributed by atoms with Gasteiger partial charge in [0.1, 0.15) is 0 Å². The van der Waals surface area contributed by atoms with Crippen LogP contribution in [0.15, 0.2) is 24.3 Å². The van der Waals surface area contributed by atoms with E-state index in [1.807, 2.05) is 32.9 Å². The molecule has 3 aromatic rings. The third-order valence-corrected chi connectivity index (χ3v) is 3.31.